The number of hydrogen-bond donors (Lipinski definition) is 1. The van der Waals surface area contributed by atoms with Gasteiger partial charge in [0.15, 0.2) is 0 Å². The maximum atomic E-state index is 5.71. The van der Waals surface area contributed by atoms with Crippen molar-refractivity contribution in [1.82, 2.24) is 4.90 Å². The van der Waals surface area contributed by atoms with Crippen molar-refractivity contribution in [2.24, 2.45) is 5.73 Å². The molecule has 0 aliphatic carbocycles. The second-order valence-electron chi connectivity index (χ2n) is 4.38. The Kier molecular flexibility index (Phi) is 3.56. The number of nitrogens with zero attached hydrogens (tertiary/aromatic N) is 1. The van der Waals surface area contributed by atoms with Gasteiger partial charge in [-0.2, -0.15) is 0 Å². The maximum Gasteiger partial charge on any atom is 0.0899 e. The Bertz CT molecular complexity index is 362. The monoisotopic (exact) mass is 234 g/mol. The zero-order valence-electron chi connectivity index (χ0n) is 9.65. The van der Waals surface area contributed by atoms with Crippen LogP contribution in [-0.2, 0) is 12.8 Å². The summed E-state index contributed by atoms with van der Waals surface area (Å²) in [6.07, 6.45) is 2.20. The van der Waals surface area contributed by atoms with E-state index in [4.69, 9.17) is 18.0 Å². The first-order valence-electron chi connectivity index (χ1n) is 5.78. The standard InChI is InChI=1S/C13H18N2S/c1-10(13(14)16)15-8-6-11-4-2-3-5-12(11)7-9-15/h2-5,10H,6-9H2,1H3,(H2,14,16). The van der Waals surface area contributed by atoms with E-state index in [1.807, 2.05) is 0 Å². The van der Waals surface area contributed by atoms with Crippen molar-refractivity contribution >= 4 is 17.2 Å². The van der Waals surface area contributed by atoms with Gasteiger partial charge in [-0.05, 0) is 30.9 Å². The van der Waals surface area contributed by atoms with Crippen LogP contribution < -0.4 is 5.73 Å². The molecule has 1 heterocycles. The Hall–Kier alpha value is -0.930. The zero-order chi connectivity index (χ0) is 11.5. The molecule has 0 fully saturated rings. The van der Waals surface area contributed by atoms with Crippen LogP contribution in [0.4, 0.5) is 0 Å². The summed E-state index contributed by atoms with van der Waals surface area (Å²) in [5.74, 6) is 0. The van der Waals surface area contributed by atoms with Gasteiger partial charge in [-0.15, -0.1) is 0 Å². The van der Waals surface area contributed by atoms with Gasteiger partial charge in [-0.1, -0.05) is 36.5 Å². The molecule has 1 atom stereocenters. The third kappa shape index (κ3) is 2.42. The zero-order valence-corrected chi connectivity index (χ0v) is 10.5. The van der Waals surface area contributed by atoms with Crippen LogP contribution in [0.5, 0.6) is 0 Å². The Labute approximate surface area is 102 Å². The van der Waals surface area contributed by atoms with Gasteiger partial charge in [-0.3, -0.25) is 4.90 Å². The second kappa shape index (κ2) is 4.93. The van der Waals surface area contributed by atoms with E-state index < -0.39 is 0 Å². The second-order valence-corrected chi connectivity index (χ2v) is 4.85. The SMILES string of the molecule is CC(C(N)=S)N1CCc2ccccc2CC1. The molecule has 1 unspecified atom stereocenters. The summed E-state index contributed by atoms with van der Waals surface area (Å²) in [4.78, 5) is 2.98. The average molecular weight is 234 g/mol. The Morgan fingerprint density at radius 3 is 2.19 bits per heavy atom. The average Bonchev–Trinajstić information content (AvgIpc) is 2.50. The fraction of sp³-hybridized carbons (Fsp3) is 0.462. The van der Waals surface area contributed by atoms with Gasteiger partial charge in [-0.25, -0.2) is 0 Å². The summed E-state index contributed by atoms with van der Waals surface area (Å²) >= 11 is 5.07. The van der Waals surface area contributed by atoms with Crippen molar-refractivity contribution in [3.8, 4) is 0 Å². The van der Waals surface area contributed by atoms with E-state index in [2.05, 4.69) is 36.1 Å². The number of benzene rings is 1. The fourth-order valence-corrected chi connectivity index (χ4v) is 2.40. The first-order valence-corrected chi connectivity index (χ1v) is 6.19. The molecule has 2 N–H and O–H groups in total. The number of rotatable bonds is 2. The van der Waals surface area contributed by atoms with Crippen molar-refractivity contribution in [3.05, 3.63) is 35.4 Å². The summed E-state index contributed by atoms with van der Waals surface area (Å²) in [5.41, 5.74) is 8.66. The summed E-state index contributed by atoms with van der Waals surface area (Å²) < 4.78 is 0. The van der Waals surface area contributed by atoms with E-state index in [1.54, 1.807) is 0 Å². The van der Waals surface area contributed by atoms with Gasteiger partial charge in [0, 0.05) is 13.1 Å². The molecule has 1 aromatic carbocycles. The van der Waals surface area contributed by atoms with Crippen molar-refractivity contribution in [2.75, 3.05) is 13.1 Å². The van der Waals surface area contributed by atoms with Crippen LogP contribution in [0.1, 0.15) is 18.1 Å². The normalized spacial score (nSPS) is 18.6. The molecule has 0 saturated carbocycles. The topological polar surface area (TPSA) is 29.3 Å². The van der Waals surface area contributed by atoms with E-state index in [-0.39, 0.29) is 6.04 Å². The largest absolute Gasteiger partial charge is 0.392 e. The van der Waals surface area contributed by atoms with Gasteiger partial charge in [0.25, 0.3) is 0 Å². The minimum atomic E-state index is 0.212. The lowest BCUT2D eigenvalue weighted by molar-refractivity contribution is 0.267. The number of fused-ring (bicyclic) bond motifs is 1. The first kappa shape index (κ1) is 11.6. The molecule has 0 amide bonds. The molecule has 0 spiro atoms. The molecular formula is C13H18N2S. The van der Waals surface area contributed by atoms with Crippen molar-refractivity contribution in [3.63, 3.8) is 0 Å². The van der Waals surface area contributed by atoms with Crippen LogP contribution in [-0.4, -0.2) is 29.0 Å². The minimum Gasteiger partial charge on any atom is -0.392 e. The fourth-order valence-electron chi connectivity index (χ4n) is 2.25. The lowest BCUT2D eigenvalue weighted by Gasteiger charge is -2.26. The molecule has 1 aromatic rings. The van der Waals surface area contributed by atoms with Crippen LogP contribution in [0.15, 0.2) is 24.3 Å². The number of hydrogen-bond acceptors (Lipinski definition) is 2. The highest BCUT2D eigenvalue weighted by Crippen LogP contribution is 2.16. The van der Waals surface area contributed by atoms with Crippen LogP contribution in [0.3, 0.4) is 0 Å². The van der Waals surface area contributed by atoms with Crippen LogP contribution in [0.25, 0.3) is 0 Å². The van der Waals surface area contributed by atoms with E-state index in [1.165, 1.54) is 11.1 Å². The van der Waals surface area contributed by atoms with E-state index >= 15 is 0 Å². The maximum absolute atomic E-state index is 5.71. The highest BCUT2D eigenvalue weighted by molar-refractivity contribution is 7.80. The third-order valence-electron chi connectivity index (χ3n) is 3.41. The highest BCUT2D eigenvalue weighted by atomic mass is 32.1. The Balaban J connectivity index is 2.10. The Morgan fingerprint density at radius 2 is 1.75 bits per heavy atom. The van der Waals surface area contributed by atoms with E-state index in [0.717, 1.165) is 25.9 Å². The van der Waals surface area contributed by atoms with Gasteiger partial charge in [0.1, 0.15) is 0 Å². The number of thiocarbonyl (C=S) groups is 1. The smallest absolute Gasteiger partial charge is 0.0899 e. The predicted octanol–water partition coefficient (Wildman–Crippen LogP) is 1.76. The predicted molar refractivity (Wildman–Crippen MR) is 71.7 cm³/mol. The van der Waals surface area contributed by atoms with Crippen molar-refractivity contribution < 1.29 is 0 Å². The first-order chi connectivity index (χ1) is 7.68. The highest BCUT2D eigenvalue weighted by Gasteiger charge is 2.19. The molecule has 0 radical (unpaired) electrons. The lowest BCUT2D eigenvalue weighted by atomic mass is 10.0. The molecule has 2 rings (SSSR count). The molecular weight excluding hydrogens is 216 g/mol. The molecule has 86 valence electrons. The van der Waals surface area contributed by atoms with Crippen LogP contribution >= 0.6 is 12.2 Å². The van der Waals surface area contributed by atoms with Gasteiger partial charge in [0.2, 0.25) is 0 Å². The van der Waals surface area contributed by atoms with Crippen LogP contribution in [0.2, 0.25) is 0 Å². The molecule has 1 aliphatic rings. The molecule has 0 saturated heterocycles. The Morgan fingerprint density at radius 1 is 1.25 bits per heavy atom. The van der Waals surface area contributed by atoms with Crippen molar-refractivity contribution in [2.45, 2.75) is 25.8 Å². The van der Waals surface area contributed by atoms with E-state index in [9.17, 15) is 0 Å². The molecule has 0 bridgehead atoms. The van der Waals surface area contributed by atoms with Gasteiger partial charge >= 0.3 is 0 Å². The third-order valence-corrected chi connectivity index (χ3v) is 3.76. The molecule has 3 heteroatoms. The van der Waals surface area contributed by atoms with E-state index in [0.29, 0.717) is 4.99 Å². The summed E-state index contributed by atoms with van der Waals surface area (Å²) in [5, 5.41) is 0. The molecule has 0 aromatic heterocycles. The van der Waals surface area contributed by atoms with Gasteiger partial charge in [0.05, 0.1) is 11.0 Å². The molecule has 16 heavy (non-hydrogen) atoms. The summed E-state index contributed by atoms with van der Waals surface area (Å²) in [6, 6.07) is 8.90. The van der Waals surface area contributed by atoms with Crippen molar-refractivity contribution in [1.29, 1.82) is 0 Å². The summed E-state index contributed by atoms with van der Waals surface area (Å²) in [7, 11) is 0. The molecule has 2 nitrogen and oxygen atoms in total. The quantitative estimate of drug-likeness (QED) is 0.791. The number of nitrogens with two attached hydrogens (primary N) is 1. The molecule has 1 aliphatic heterocycles. The minimum absolute atomic E-state index is 0.212. The lowest BCUT2D eigenvalue weighted by Crippen LogP contribution is -2.42. The van der Waals surface area contributed by atoms with Gasteiger partial charge < -0.3 is 5.73 Å². The van der Waals surface area contributed by atoms with Crippen LogP contribution in [0, 0.1) is 0 Å². The summed E-state index contributed by atoms with van der Waals surface area (Å²) in [6.45, 7) is 4.20.